The molecule has 0 aliphatic rings. The van der Waals surface area contributed by atoms with Crippen LogP contribution in [0.5, 0.6) is 0 Å². The first kappa shape index (κ1) is 18.8. The summed E-state index contributed by atoms with van der Waals surface area (Å²) in [7, 11) is 0. The third-order valence-electron chi connectivity index (χ3n) is 3.15. The summed E-state index contributed by atoms with van der Waals surface area (Å²) in [6.45, 7) is 9.59. The standard InChI is InChI=1S/C19H26N2O2/c1-6-7-8-9-13-17(22)21(19(3,4)5)20-18(23)16-12-10-11-15(2)14-16/h10-12,14H,6-7,13H2,1-5H3,(H,20,23). The molecule has 0 atom stereocenters. The quantitative estimate of drug-likeness (QED) is 0.686. The molecule has 0 aromatic heterocycles. The molecule has 23 heavy (non-hydrogen) atoms. The van der Waals surface area contributed by atoms with Gasteiger partial charge in [-0.1, -0.05) is 30.5 Å². The number of nitrogens with one attached hydrogen (secondary N) is 1. The number of benzene rings is 1. The number of aryl methyl sites for hydroxylation is 1. The van der Waals surface area contributed by atoms with E-state index in [1.165, 1.54) is 5.01 Å². The molecule has 0 aliphatic heterocycles. The second-order valence-corrected chi connectivity index (χ2v) is 6.49. The molecule has 124 valence electrons. The van der Waals surface area contributed by atoms with Crippen LogP contribution in [-0.4, -0.2) is 22.4 Å². The Morgan fingerprint density at radius 1 is 1.22 bits per heavy atom. The van der Waals surface area contributed by atoms with Crippen molar-refractivity contribution >= 4 is 11.8 Å². The smallest absolute Gasteiger partial charge is 0.269 e. The molecule has 0 heterocycles. The fourth-order valence-electron chi connectivity index (χ4n) is 1.99. The minimum absolute atomic E-state index is 0.103. The van der Waals surface area contributed by atoms with Crippen LogP contribution in [0.2, 0.25) is 0 Å². The second kappa shape index (κ2) is 8.38. The van der Waals surface area contributed by atoms with E-state index in [-0.39, 0.29) is 18.2 Å². The van der Waals surface area contributed by atoms with Gasteiger partial charge in [-0.2, -0.15) is 0 Å². The average molecular weight is 314 g/mol. The SMILES string of the molecule is CCCC#CCC(=O)N(NC(=O)c1cccc(C)c1)C(C)(C)C. The van der Waals surface area contributed by atoms with Crippen LogP contribution in [0.4, 0.5) is 0 Å². The van der Waals surface area contributed by atoms with Crippen molar-refractivity contribution in [2.75, 3.05) is 0 Å². The summed E-state index contributed by atoms with van der Waals surface area (Å²) < 4.78 is 0. The van der Waals surface area contributed by atoms with Crippen LogP contribution in [0.15, 0.2) is 24.3 Å². The first-order valence-electron chi connectivity index (χ1n) is 7.92. The van der Waals surface area contributed by atoms with Gasteiger partial charge in [-0.3, -0.25) is 15.0 Å². The lowest BCUT2D eigenvalue weighted by Gasteiger charge is -2.35. The van der Waals surface area contributed by atoms with Crippen LogP contribution in [0.1, 0.15) is 62.9 Å². The topological polar surface area (TPSA) is 49.4 Å². The zero-order valence-electron chi connectivity index (χ0n) is 14.7. The predicted molar refractivity (Wildman–Crippen MR) is 92.5 cm³/mol. The minimum atomic E-state index is -0.525. The van der Waals surface area contributed by atoms with Gasteiger partial charge >= 0.3 is 0 Å². The molecule has 0 radical (unpaired) electrons. The number of hydrogen-bond donors (Lipinski definition) is 1. The Kier molecular flexibility index (Phi) is 6.84. The van der Waals surface area contributed by atoms with Crippen molar-refractivity contribution in [3.63, 3.8) is 0 Å². The molecule has 0 saturated carbocycles. The highest BCUT2D eigenvalue weighted by Gasteiger charge is 2.28. The maximum absolute atomic E-state index is 12.4. The molecule has 0 saturated heterocycles. The molecule has 1 rings (SSSR count). The molecule has 4 nitrogen and oxygen atoms in total. The van der Waals surface area contributed by atoms with Gasteiger partial charge in [0, 0.05) is 12.0 Å². The van der Waals surface area contributed by atoms with E-state index in [2.05, 4.69) is 17.3 Å². The van der Waals surface area contributed by atoms with Crippen LogP contribution in [0.25, 0.3) is 0 Å². The van der Waals surface area contributed by atoms with E-state index >= 15 is 0 Å². The van der Waals surface area contributed by atoms with E-state index in [1.54, 1.807) is 12.1 Å². The van der Waals surface area contributed by atoms with E-state index in [9.17, 15) is 9.59 Å². The van der Waals surface area contributed by atoms with E-state index in [0.29, 0.717) is 5.56 Å². The molecule has 4 heteroatoms. The summed E-state index contributed by atoms with van der Waals surface area (Å²) in [4.78, 5) is 24.8. The highest BCUT2D eigenvalue weighted by Crippen LogP contribution is 2.13. The first-order valence-corrected chi connectivity index (χ1v) is 7.92. The Labute approximate surface area is 139 Å². The summed E-state index contributed by atoms with van der Waals surface area (Å²) in [5.74, 6) is 5.32. The van der Waals surface area contributed by atoms with Gasteiger partial charge in [0.1, 0.15) is 0 Å². The van der Waals surface area contributed by atoms with Crippen molar-refractivity contribution in [1.82, 2.24) is 10.4 Å². The molecule has 1 aromatic carbocycles. The molecule has 0 bridgehead atoms. The number of amides is 2. The van der Waals surface area contributed by atoms with Crippen molar-refractivity contribution in [2.45, 2.75) is 59.4 Å². The fraction of sp³-hybridized carbons (Fsp3) is 0.474. The Morgan fingerprint density at radius 3 is 2.48 bits per heavy atom. The number of carbonyl (C=O) groups excluding carboxylic acids is 2. The summed E-state index contributed by atoms with van der Waals surface area (Å²) in [5.41, 5.74) is 3.72. The van der Waals surface area contributed by atoms with Crippen molar-refractivity contribution < 1.29 is 9.59 Å². The monoisotopic (exact) mass is 314 g/mol. The van der Waals surface area contributed by atoms with E-state index in [4.69, 9.17) is 0 Å². The van der Waals surface area contributed by atoms with Gasteiger partial charge in [0.05, 0.1) is 12.0 Å². The first-order chi connectivity index (χ1) is 10.8. The van der Waals surface area contributed by atoms with E-state index in [1.807, 2.05) is 46.8 Å². The maximum atomic E-state index is 12.4. The third kappa shape index (κ3) is 6.15. The largest absolute Gasteiger partial charge is 0.272 e. The Bertz CT molecular complexity index is 618. The molecule has 0 unspecified atom stereocenters. The van der Waals surface area contributed by atoms with Crippen LogP contribution in [0, 0.1) is 18.8 Å². The van der Waals surface area contributed by atoms with Crippen molar-refractivity contribution in [3.8, 4) is 11.8 Å². The average Bonchev–Trinajstić information content (AvgIpc) is 2.47. The number of nitrogens with zero attached hydrogens (tertiary/aromatic N) is 1. The van der Waals surface area contributed by atoms with Gasteiger partial charge in [0.15, 0.2) is 0 Å². The van der Waals surface area contributed by atoms with Gasteiger partial charge in [-0.15, -0.1) is 5.92 Å². The van der Waals surface area contributed by atoms with Crippen molar-refractivity contribution in [1.29, 1.82) is 0 Å². The third-order valence-corrected chi connectivity index (χ3v) is 3.15. The van der Waals surface area contributed by atoms with Crippen LogP contribution in [-0.2, 0) is 4.79 Å². The minimum Gasteiger partial charge on any atom is -0.272 e. The van der Waals surface area contributed by atoms with Crippen LogP contribution >= 0.6 is 0 Å². The lowest BCUT2D eigenvalue weighted by atomic mass is 10.1. The normalized spacial score (nSPS) is 10.5. The highest BCUT2D eigenvalue weighted by atomic mass is 16.2. The van der Waals surface area contributed by atoms with Gasteiger partial charge < -0.3 is 0 Å². The fourth-order valence-corrected chi connectivity index (χ4v) is 1.99. The summed E-state index contributed by atoms with van der Waals surface area (Å²) in [6, 6.07) is 7.27. The number of hydrogen-bond acceptors (Lipinski definition) is 2. The highest BCUT2D eigenvalue weighted by molar-refractivity contribution is 5.95. The summed E-state index contributed by atoms with van der Waals surface area (Å²) in [6.07, 6.45) is 1.85. The lowest BCUT2D eigenvalue weighted by molar-refractivity contribution is -0.138. The Hall–Kier alpha value is -2.28. The zero-order valence-corrected chi connectivity index (χ0v) is 14.7. The van der Waals surface area contributed by atoms with E-state index in [0.717, 1.165) is 18.4 Å². The number of hydrazine groups is 1. The summed E-state index contributed by atoms with van der Waals surface area (Å²) >= 11 is 0. The molecule has 0 aliphatic carbocycles. The maximum Gasteiger partial charge on any atom is 0.269 e. The number of unbranched alkanes of at least 4 members (excludes halogenated alkanes) is 1. The van der Waals surface area contributed by atoms with Gasteiger partial charge in [-0.05, 0) is 46.2 Å². The van der Waals surface area contributed by atoms with Crippen molar-refractivity contribution in [2.24, 2.45) is 0 Å². The van der Waals surface area contributed by atoms with E-state index < -0.39 is 5.54 Å². The second-order valence-electron chi connectivity index (χ2n) is 6.49. The lowest BCUT2D eigenvalue weighted by Crippen LogP contribution is -2.55. The number of rotatable bonds is 3. The van der Waals surface area contributed by atoms with Gasteiger partial charge in [0.25, 0.3) is 11.8 Å². The Balaban J connectivity index is 2.85. The summed E-state index contributed by atoms with van der Waals surface area (Å²) in [5, 5.41) is 1.37. The van der Waals surface area contributed by atoms with Crippen LogP contribution < -0.4 is 5.43 Å². The van der Waals surface area contributed by atoms with Gasteiger partial charge in [0.2, 0.25) is 0 Å². The number of carbonyl (C=O) groups is 2. The molecule has 0 spiro atoms. The molecular weight excluding hydrogens is 288 g/mol. The van der Waals surface area contributed by atoms with Crippen LogP contribution in [0.3, 0.4) is 0 Å². The molecule has 2 amide bonds. The molecule has 1 aromatic rings. The predicted octanol–water partition coefficient (Wildman–Crippen LogP) is 3.46. The molecule has 0 fully saturated rings. The molecule has 1 N–H and O–H groups in total. The Morgan fingerprint density at radius 2 is 1.91 bits per heavy atom. The molecular formula is C19H26N2O2. The zero-order chi connectivity index (χ0) is 17.5. The van der Waals surface area contributed by atoms with Crippen molar-refractivity contribution in [3.05, 3.63) is 35.4 Å². The van der Waals surface area contributed by atoms with Gasteiger partial charge in [-0.25, -0.2) is 5.01 Å².